The van der Waals surface area contributed by atoms with Crippen LogP contribution in [0.25, 0.3) is 33.4 Å². The second kappa shape index (κ2) is 27.3. The van der Waals surface area contributed by atoms with Crippen LogP contribution < -0.4 is 34.1 Å². The predicted octanol–water partition coefficient (Wildman–Crippen LogP) is 3.91. The second-order valence-electron chi connectivity index (χ2n) is 16.5. The van der Waals surface area contributed by atoms with Crippen molar-refractivity contribution in [1.82, 2.24) is 4.58 Å². The molecule has 1 aliphatic carbocycles. The summed E-state index contributed by atoms with van der Waals surface area (Å²) < 4.78 is 90.2. The highest BCUT2D eigenvalue weighted by molar-refractivity contribution is 6.03. The zero-order valence-electron chi connectivity index (χ0n) is 42.7. The lowest BCUT2D eigenvalue weighted by Crippen LogP contribution is -2.37. The van der Waals surface area contributed by atoms with Crippen molar-refractivity contribution in [3.63, 3.8) is 0 Å². The van der Waals surface area contributed by atoms with E-state index in [1.165, 1.54) is 11.0 Å². The Balaban J connectivity index is 1.60. The van der Waals surface area contributed by atoms with Crippen LogP contribution in [0.3, 0.4) is 0 Å². The van der Waals surface area contributed by atoms with Crippen molar-refractivity contribution in [2.24, 2.45) is 0 Å². The number of anilines is 3. The van der Waals surface area contributed by atoms with Crippen molar-refractivity contribution in [3.8, 4) is 33.9 Å². The summed E-state index contributed by atoms with van der Waals surface area (Å²) in [5.74, 6) is -10.5. The summed E-state index contributed by atoms with van der Waals surface area (Å²) >= 11 is 0. The lowest BCUT2D eigenvalue weighted by Gasteiger charge is -2.27. The van der Waals surface area contributed by atoms with E-state index < -0.39 is 132 Å². The van der Waals surface area contributed by atoms with Crippen molar-refractivity contribution in [2.75, 3.05) is 109 Å². The molecule has 0 aromatic heterocycles. The molecule has 0 bridgehead atoms. The molecule has 25 heteroatoms. The number of hydrogen-bond donors (Lipinski definition) is 0. The van der Waals surface area contributed by atoms with Crippen LogP contribution in [0.4, 0.5) is 25.8 Å². The van der Waals surface area contributed by atoms with Gasteiger partial charge in [0.25, 0.3) is 0 Å². The maximum absolute atomic E-state index is 15.9. The quantitative estimate of drug-likeness (QED) is 0.0201. The van der Waals surface area contributed by atoms with E-state index in [1.54, 1.807) is 12.1 Å². The summed E-state index contributed by atoms with van der Waals surface area (Å²) in [6.07, 6.45) is 0. The first-order valence-corrected chi connectivity index (χ1v) is 22.8. The van der Waals surface area contributed by atoms with Crippen LogP contribution in [0.1, 0.15) is 27.7 Å². The lowest BCUT2D eigenvalue weighted by molar-refractivity contribution is -0.167. The summed E-state index contributed by atoms with van der Waals surface area (Å²) in [5.41, 5.74) is 2.88. The van der Waals surface area contributed by atoms with E-state index >= 15 is 8.78 Å². The smallest absolute Gasteiger partial charge is 0.328 e. The van der Waals surface area contributed by atoms with Gasteiger partial charge in [0.05, 0.1) is 17.4 Å². The number of halogens is 2. The van der Waals surface area contributed by atoms with Crippen LogP contribution in [-0.2, 0) is 76.3 Å². The summed E-state index contributed by atoms with van der Waals surface area (Å²) in [6.45, 7) is -2.98. The van der Waals surface area contributed by atoms with Crippen LogP contribution in [-0.4, -0.2) is 143 Å². The highest BCUT2D eigenvalue weighted by Crippen LogP contribution is 2.43. The topological polar surface area (TPSA) is 255 Å². The van der Waals surface area contributed by atoms with Crippen molar-refractivity contribution in [3.05, 3.63) is 83.7 Å². The molecule has 0 spiro atoms. The van der Waals surface area contributed by atoms with Crippen LogP contribution in [0, 0.1) is 11.6 Å². The molecular weight excluding hydrogens is 1010 g/mol. The molecule has 2 aliphatic rings. The van der Waals surface area contributed by atoms with Gasteiger partial charge in [-0.2, -0.15) is 4.39 Å². The molecule has 0 fully saturated rings. The first-order chi connectivity index (χ1) is 36.1. The minimum absolute atomic E-state index is 0.0359. The van der Waals surface area contributed by atoms with Gasteiger partial charge in [0.2, 0.25) is 38.3 Å². The van der Waals surface area contributed by atoms with Gasteiger partial charge in [0.1, 0.15) is 70.6 Å². The normalized spacial score (nSPS) is 10.7. The van der Waals surface area contributed by atoms with Gasteiger partial charge < -0.3 is 66.5 Å². The number of rotatable bonds is 25. The average molecular weight is 1070 g/mol. The molecule has 5 rings (SSSR count). The molecule has 3 aromatic rings. The summed E-state index contributed by atoms with van der Waals surface area (Å²) in [5, 5.41) is 1.50. The third-order valence-corrected chi connectivity index (χ3v) is 10.5. The number of carbonyl (C=O) groups excluding carboxylic acids is 8. The number of hydrogen-bond acceptors (Lipinski definition) is 22. The highest BCUT2D eigenvalue weighted by atomic mass is 19.2. The molecule has 1 aliphatic heterocycles. The largest absolute Gasteiger partial charge is 0.488 e. The SMILES string of the molecule is CC(=O)OCOC(=O)CN(CC(=O)OCOC(C)=O)c1ccc(-c2c3ccc(=[N+](C)C)cc-3oc3cc(N(C)C)ccc23)cc1OCCOc1c(N(CC(=O)OCOC(C)=O)CC(=O)OCOC(C)=O)ccc(F)c1F. The summed E-state index contributed by atoms with van der Waals surface area (Å²) in [4.78, 5) is 102. The fraction of sp³-hybridized carbons (Fsp3) is 0.353. The Morgan fingerprint density at radius 3 is 1.53 bits per heavy atom. The molecule has 23 nitrogen and oxygen atoms in total. The number of esters is 8. The van der Waals surface area contributed by atoms with Gasteiger partial charge >= 0.3 is 47.8 Å². The van der Waals surface area contributed by atoms with E-state index in [-0.39, 0.29) is 17.1 Å². The molecule has 76 heavy (non-hydrogen) atoms. The van der Waals surface area contributed by atoms with Crippen molar-refractivity contribution in [2.45, 2.75) is 27.7 Å². The third-order valence-electron chi connectivity index (χ3n) is 10.5. The number of nitrogens with zero attached hydrogens (tertiary/aromatic N) is 4. The van der Waals surface area contributed by atoms with Crippen molar-refractivity contribution < 1.29 is 98.9 Å². The lowest BCUT2D eigenvalue weighted by atomic mass is 9.93. The molecule has 406 valence electrons. The molecule has 0 N–H and O–H groups in total. The Kier molecular flexibility index (Phi) is 20.8. The first kappa shape index (κ1) is 57.9. The Morgan fingerprint density at radius 1 is 0.553 bits per heavy atom. The Labute approximate surface area is 433 Å². The predicted molar refractivity (Wildman–Crippen MR) is 262 cm³/mol. The van der Waals surface area contributed by atoms with Gasteiger partial charge in [0.15, 0.2) is 11.6 Å². The second-order valence-corrected chi connectivity index (χ2v) is 16.5. The zero-order valence-corrected chi connectivity index (χ0v) is 42.7. The maximum Gasteiger partial charge on any atom is 0.328 e. The van der Waals surface area contributed by atoms with Crippen molar-refractivity contribution >= 4 is 75.8 Å². The van der Waals surface area contributed by atoms with Crippen LogP contribution in [0.15, 0.2) is 71.1 Å². The monoisotopic (exact) mass is 1070 g/mol. The minimum atomic E-state index is -1.56. The molecule has 0 unspecified atom stereocenters. The fourth-order valence-corrected chi connectivity index (χ4v) is 6.96. The summed E-state index contributed by atoms with van der Waals surface area (Å²) in [6, 6.07) is 17.8. The van der Waals surface area contributed by atoms with Gasteiger partial charge in [-0.15, -0.1) is 0 Å². The molecule has 0 amide bonds. The minimum Gasteiger partial charge on any atom is -0.488 e. The zero-order chi connectivity index (χ0) is 55.6. The molecule has 1 heterocycles. The Hall–Kier alpha value is -9.03. The molecule has 0 radical (unpaired) electrons. The molecular formula is C51H55F2N4O19+. The van der Waals surface area contributed by atoms with E-state index in [0.717, 1.165) is 49.7 Å². The van der Waals surface area contributed by atoms with E-state index in [4.69, 9.17) is 42.3 Å². The molecule has 0 saturated carbocycles. The van der Waals surface area contributed by atoms with Crippen molar-refractivity contribution in [1.29, 1.82) is 0 Å². The number of ether oxygens (including phenoxy) is 10. The number of fused-ring (bicyclic) bond motifs is 2. The standard InChI is InChI=1S/C51H55F2N4O19/c1-30(58)68-26-72-45(62)22-56(23-46(63)73-27-69-31(2)59)40-15-9-34(49-37-12-10-35(54(5)6)20-42(37)76-43-21-36(55(7)8)11-13-38(43)49)19-44(40)66-17-18-67-51-41(16-14-39(52)50(51)53)57(24-47(64)74-28-70-32(3)60)25-48(65)75-29-71-33(4)61/h9-16,19-21H,17-18,22-29H2,1-8H3/q+1. The first-order valence-electron chi connectivity index (χ1n) is 22.8. The van der Waals surface area contributed by atoms with Gasteiger partial charge in [0, 0.05) is 76.1 Å². The average Bonchev–Trinajstić information content (AvgIpc) is 3.34. The Morgan fingerprint density at radius 2 is 1.04 bits per heavy atom. The molecule has 3 aromatic carbocycles. The third kappa shape index (κ3) is 16.8. The van der Waals surface area contributed by atoms with Gasteiger partial charge in [-0.1, -0.05) is 6.07 Å². The Bertz CT molecular complexity index is 2940. The van der Waals surface area contributed by atoms with Gasteiger partial charge in [-0.05, 0) is 48.0 Å². The van der Waals surface area contributed by atoms with Gasteiger partial charge in [-0.3, -0.25) is 38.4 Å². The van der Waals surface area contributed by atoms with Gasteiger partial charge in [-0.25, -0.2) is 8.97 Å². The maximum atomic E-state index is 15.9. The van der Waals surface area contributed by atoms with Crippen LogP contribution in [0.2, 0.25) is 0 Å². The van der Waals surface area contributed by atoms with Crippen LogP contribution in [0.5, 0.6) is 11.5 Å². The van der Waals surface area contributed by atoms with E-state index in [2.05, 4.69) is 9.47 Å². The number of benzene rings is 4. The van der Waals surface area contributed by atoms with E-state index in [0.29, 0.717) is 39.5 Å². The highest BCUT2D eigenvalue weighted by Gasteiger charge is 2.27. The van der Waals surface area contributed by atoms with E-state index in [9.17, 15) is 38.4 Å². The van der Waals surface area contributed by atoms with E-state index in [1.807, 2.05) is 74.1 Å². The molecule has 0 atom stereocenters. The van der Waals surface area contributed by atoms with Crippen LogP contribution >= 0.6 is 0 Å². The fourth-order valence-electron chi connectivity index (χ4n) is 6.96. The molecule has 0 saturated heterocycles. The number of carbonyl (C=O) groups is 8. The summed E-state index contributed by atoms with van der Waals surface area (Å²) in [7, 11) is 7.51.